The average molecular weight is 373 g/mol. The normalized spacial score (nSPS) is 18.4. The number of benzene rings is 1. The molecule has 6 heteroatoms. The molecule has 0 aromatic heterocycles. The van der Waals surface area contributed by atoms with Crippen LogP contribution >= 0.6 is 0 Å². The van der Waals surface area contributed by atoms with Gasteiger partial charge in [0.25, 0.3) is 5.91 Å². The fourth-order valence-electron chi connectivity index (χ4n) is 3.78. The van der Waals surface area contributed by atoms with Crippen LogP contribution in [0.25, 0.3) is 0 Å². The number of carbonyl (C=O) groups excluding carboxylic acids is 2. The third-order valence-corrected chi connectivity index (χ3v) is 5.47. The maximum absolute atomic E-state index is 12.4. The second-order valence-electron chi connectivity index (χ2n) is 7.66. The number of likely N-dealkylation sites (tertiary alicyclic amines) is 1. The van der Waals surface area contributed by atoms with E-state index in [-0.39, 0.29) is 18.4 Å². The molecule has 0 atom stereocenters. The zero-order valence-electron chi connectivity index (χ0n) is 16.6. The zero-order valence-corrected chi connectivity index (χ0v) is 16.6. The highest BCUT2D eigenvalue weighted by molar-refractivity contribution is 5.79. The first-order valence-corrected chi connectivity index (χ1v) is 10.0. The molecule has 0 spiro atoms. The first kappa shape index (κ1) is 19.7. The van der Waals surface area contributed by atoms with Gasteiger partial charge in [-0.2, -0.15) is 0 Å². The summed E-state index contributed by atoms with van der Waals surface area (Å²) >= 11 is 0. The quantitative estimate of drug-likeness (QED) is 0.790. The molecule has 0 unspecified atom stereocenters. The predicted molar refractivity (Wildman–Crippen MR) is 105 cm³/mol. The van der Waals surface area contributed by atoms with Crippen molar-refractivity contribution in [3.8, 4) is 5.75 Å². The van der Waals surface area contributed by atoms with E-state index < -0.39 is 0 Å². The monoisotopic (exact) mass is 373 g/mol. The van der Waals surface area contributed by atoms with Gasteiger partial charge < -0.3 is 14.5 Å². The highest BCUT2D eigenvalue weighted by Gasteiger charge is 2.25. The van der Waals surface area contributed by atoms with Crippen molar-refractivity contribution < 1.29 is 14.3 Å². The maximum Gasteiger partial charge on any atom is 0.260 e. The van der Waals surface area contributed by atoms with E-state index in [2.05, 4.69) is 11.0 Å². The smallest absolute Gasteiger partial charge is 0.260 e. The Kier molecular flexibility index (Phi) is 6.72. The summed E-state index contributed by atoms with van der Waals surface area (Å²) in [6, 6.07) is 5.96. The van der Waals surface area contributed by atoms with Crippen LogP contribution in [-0.4, -0.2) is 78.9 Å². The average Bonchev–Trinajstić information content (AvgIpc) is 2.68. The largest absolute Gasteiger partial charge is 0.484 e. The summed E-state index contributed by atoms with van der Waals surface area (Å²) in [6.07, 6.45) is 3.47. The van der Waals surface area contributed by atoms with Gasteiger partial charge in [-0.1, -0.05) is 17.7 Å². The molecule has 1 aromatic carbocycles. The molecule has 2 heterocycles. The lowest BCUT2D eigenvalue weighted by atomic mass is 10.1. The number of piperidine rings is 1. The summed E-state index contributed by atoms with van der Waals surface area (Å²) in [5, 5.41) is 0. The van der Waals surface area contributed by atoms with E-state index in [1.165, 1.54) is 12.0 Å². The summed E-state index contributed by atoms with van der Waals surface area (Å²) in [5.74, 6) is 1.00. The fourth-order valence-corrected chi connectivity index (χ4v) is 3.78. The van der Waals surface area contributed by atoms with Crippen molar-refractivity contribution in [3.63, 3.8) is 0 Å². The van der Waals surface area contributed by atoms with Gasteiger partial charge in [0.15, 0.2) is 6.61 Å². The Morgan fingerprint density at radius 1 is 0.889 bits per heavy atom. The molecule has 0 N–H and O–H groups in total. The molecule has 2 fully saturated rings. The SMILES string of the molecule is Cc1ccc(OCC(=O)N2CCN(CC(=O)N3CCCCC3)CC2)c(C)c1. The molecule has 6 nitrogen and oxygen atoms in total. The van der Waals surface area contributed by atoms with Gasteiger partial charge in [-0.15, -0.1) is 0 Å². The van der Waals surface area contributed by atoms with Gasteiger partial charge >= 0.3 is 0 Å². The van der Waals surface area contributed by atoms with Crippen molar-refractivity contribution in [2.24, 2.45) is 0 Å². The summed E-state index contributed by atoms with van der Waals surface area (Å²) in [7, 11) is 0. The summed E-state index contributed by atoms with van der Waals surface area (Å²) in [5.41, 5.74) is 2.23. The summed E-state index contributed by atoms with van der Waals surface area (Å²) < 4.78 is 5.71. The first-order chi connectivity index (χ1) is 13.0. The Bertz CT molecular complexity index is 663. The number of ether oxygens (including phenoxy) is 1. The minimum Gasteiger partial charge on any atom is -0.484 e. The van der Waals surface area contributed by atoms with E-state index >= 15 is 0 Å². The van der Waals surface area contributed by atoms with Crippen LogP contribution < -0.4 is 4.74 Å². The van der Waals surface area contributed by atoms with E-state index in [9.17, 15) is 9.59 Å². The third-order valence-electron chi connectivity index (χ3n) is 5.47. The standard InChI is InChI=1S/C21H31N3O3/c1-17-6-7-19(18(2)14-17)27-16-21(26)24-12-10-22(11-13-24)15-20(25)23-8-4-3-5-9-23/h6-7,14H,3-5,8-13,15-16H2,1-2H3. The lowest BCUT2D eigenvalue weighted by Gasteiger charge is -2.36. The molecule has 2 aliphatic heterocycles. The Morgan fingerprint density at radius 2 is 1.56 bits per heavy atom. The van der Waals surface area contributed by atoms with Crippen LogP contribution in [0.2, 0.25) is 0 Å². The number of piperazine rings is 1. The third kappa shape index (κ3) is 5.45. The molecule has 0 saturated carbocycles. The van der Waals surface area contributed by atoms with Crippen LogP contribution in [0.5, 0.6) is 5.75 Å². The highest BCUT2D eigenvalue weighted by atomic mass is 16.5. The molecule has 148 valence electrons. The number of aryl methyl sites for hydroxylation is 2. The minimum atomic E-state index is 0.0111. The Balaban J connectivity index is 1.40. The van der Waals surface area contributed by atoms with Crippen LogP contribution in [0.4, 0.5) is 0 Å². The fraction of sp³-hybridized carbons (Fsp3) is 0.619. The van der Waals surface area contributed by atoms with Crippen LogP contribution in [0, 0.1) is 13.8 Å². The molecular weight excluding hydrogens is 342 g/mol. The zero-order chi connectivity index (χ0) is 19.2. The van der Waals surface area contributed by atoms with Crippen LogP contribution in [0.15, 0.2) is 18.2 Å². The van der Waals surface area contributed by atoms with E-state index in [1.807, 2.05) is 35.8 Å². The van der Waals surface area contributed by atoms with Gasteiger partial charge in [0.2, 0.25) is 5.91 Å². The minimum absolute atomic E-state index is 0.0111. The Labute approximate surface area is 162 Å². The molecule has 2 aliphatic rings. The van der Waals surface area contributed by atoms with Crippen molar-refractivity contribution in [2.45, 2.75) is 33.1 Å². The molecule has 27 heavy (non-hydrogen) atoms. The van der Waals surface area contributed by atoms with E-state index in [4.69, 9.17) is 4.74 Å². The topological polar surface area (TPSA) is 53.1 Å². The van der Waals surface area contributed by atoms with Crippen molar-refractivity contribution in [3.05, 3.63) is 29.3 Å². The molecular formula is C21H31N3O3. The van der Waals surface area contributed by atoms with Crippen molar-refractivity contribution in [1.29, 1.82) is 0 Å². The van der Waals surface area contributed by atoms with E-state index in [0.717, 1.165) is 50.3 Å². The molecule has 2 saturated heterocycles. The molecule has 2 amide bonds. The number of hydrogen-bond acceptors (Lipinski definition) is 4. The van der Waals surface area contributed by atoms with E-state index in [0.29, 0.717) is 19.6 Å². The van der Waals surface area contributed by atoms with Crippen molar-refractivity contribution in [1.82, 2.24) is 14.7 Å². The van der Waals surface area contributed by atoms with Gasteiger partial charge in [0.1, 0.15) is 5.75 Å². The highest BCUT2D eigenvalue weighted by Crippen LogP contribution is 2.19. The van der Waals surface area contributed by atoms with Crippen LogP contribution in [-0.2, 0) is 9.59 Å². The van der Waals surface area contributed by atoms with Gasteiger partial charge in [0.05, 0.1) is 6.54 Å². The van der Waals surface area contributed by atoms with Crippen LogP contribution in [0.1, 0.15) is 30.4 Å². The molecule has 0 radical (unpaired) electrons. The number of carbonyl (C=O) groups is 2. The second-order valence-corrected chi connectivity index (χ2v) is 7.66. The molecule has 0 bridgehead atoms. The summed E-state index contributed by atoms with van der Waals surface area (Å²) in [6.45, 7) is 9.16. The maximum atomic E-state index is 12.4. The molecule has 1 aromatic rings. The number of amides is 2. The van der Waals surface area contributed by atoms with Crippen molar-refractivity contribution >= 4 is 11.8 Å². The van der Waals surface area contributed by atoms with Crippen LogP contribution in [0.3, 0.4) is 0 Å². The number of rotatable bonds is 5. The molecule has 0 aliphatic carbocycles. The summed E-state index contributed by atoms with van der Waals surface area (Å²) in [4.78, 5) is 30.8. The molecule has 3 rings (SSSR count). The number of hydrogen-bond donors (Lipinski definition) is 0. The van der Waals surface area contributed by atoms with E-state index in [1.54, 1.807) is 0 Å². The van der Waals surface area contributed by atoms with Gasteiger partial charge in [-0.05, 0) is 44.7 Å². The lowest BCUT2D eigenvalue weighted by molar-refractivity contribution is -0.136. The van der Waals surface area contributed by atoms with Gasteiger partial charge in [0, 0.05) is 39.3 Å². The predicted octanol–water partition coefficient (Wildman–Crippen LogP) is 1.84. The number of nitrogens with zero attached hydrogens (tertiary/aromatic N) is 3. The lowest BCUT2D eigenvalue weighted by Crippen LogP contribution is -2.52. The van der Waals surface area contributed by atoms with Gasteiger partial charge in [-0.25, -0.2) is 0 Å². The van der Waals surface area contributed by atoms with Gasteiger partial charge in [-0.3, -0.25) is 14.5 Å². The van der Waals surface area contributed by atoms with Crippen molar-refractivity contribution in [2.75, 3.05) is 52.4 Å². The Morgan fingerprint density at radius 3 is 2.22 bits per heavy atom. The second kappa shape index (κ2) is 9.22. The Hall–Kier alpha value is -2.08. The first-order valence-electron chi connectivity index (χ1n) is 10.0.